The number of sulfonamides is 1. The fourth-order valence-corrected chi connectivity index (χ4v) is 5.58. The molecule has 0 saturated carbocycles. The lowest BCUT2D eigenvalue weighted by Crippen LogP contribution is -2.30. The molecule has 1 atom stereocenters. The smallest absolute Gasteiger partial charge is 0.262 e. The molecule has 0 spiro atoms. The molecular formula is C30H30N2O3S. The minimum Gasteiger partial charge on any atom is -0.341 e. The summed E-state index contributed by atoms with van der Waals surface area (Å²) in [6.07, 6.45) is 0. The van der Waals surface area contributed by atoms with Gasteiger partial charge >= 0.3 is 0 Å². The molecule has 0 radical (unpaired) electrons. The highest BCUT2D eigenvalue weighted by molar-refractivity contribution is 7.92. The molecular weight excluding hydrogens is 468 g/mol. The second-order valence-corrected chi connectivity index (χ2v) is 10.7. The molecule has 0 aromatic heterocycles. The van der Waals surface area contributed by atoms with E-state index in [2.05, 4.69) is 10.0 Å². The van der Waals surface area contributed by atoms with E-state index in [4.69, 9.17) is 0 Å². The molecule has 4 aromatic rings. The molecule has 0 heterocycles. The summed E-state index contributed by atoms with van der Waals surface area (Å²) in [4.78, 5) is 13.5. The topological polar surface area (TPSA) is 75.3 Å². The highest BCUT2D eigenvalue weighted by atomic mass is 32.2. The molecule has 0 unspecified atom stereocenters. The van der Waals surface area contributed by atoms with E-state index in [0.717, 1.165) is 27.8 Å². The first-order valence-corrected chi connectivity index (χ1v) is 13.3. The van der Waals surface area contributed by atoms with E-state index in [1.54, 1.807) is 25.1 Å². The number of aryl methyl sites for hydroxylation is 4. The quantitative estimate of drug-likeness (QED) is 0.317. The minimum absolute atomic E-state index is 0.0724. The highest BCUT2D eigenvalue weighted by Gasteiger charge is 2.23. The molecule has 0 saturated heterocycles. The van der Waals surface area contributed by atoms with Crippen molar-refractivity contribution in [3.63, 3.8) is 0 Å². The van der Waals surface area contributed by atoms with Gasteiger partial charge in [0.1, 0.15) is 0 Å². The summed E-state index contributed by atoms with van der Waals surface area (Å²) in [5.41, 5.74) is 6.10. The summed E-state index contributed by atoms with van der Waals surface area (Å²) in [7, 11) is -3.91. The number of amides is 1. The zero-order chi connectivity index (χ0) is 25.9. The van der Waals surface area contributed by atoms with Gasteiger partial charge in [0.25, 0.3) is 15.9 Å². The van der Waals surface area contributed by atoms with E-state index < -0.39 is 10.0 Å². The standard InChI is InChI=1S/C30H30N2O3S/c1-20-14-15-22(3)27(18-20)32-36(34,35)28-19-25(17-16-23(28)4)30(33)31-29(24-11-6-5-7-12-24)26-13-9-8-10-21(26)2/h5-19,29,32H,1-4H3,(H,31,33)/t29-/m0/s1. The molecule has 4 rings (SSSR count). The van der Waals surface area contributed by atoms with Crippen molar-refractivity contribution in [2.45, 2.75) is 38.6 Å². The Bertz CT molecular complexity index is 1510. The van der Waals surface area contributed by atoms with Gasteiger partial charge in [0.2, 0.25) is 0 Å². The normalized spacial score (nSPS) is 12.1. The highest BCUT2D eigenvalue weighted by Crippen LogP contribution is 2.27. The van der Waals surface area contributed by atoms with E-state index in [0.29, 0.717) is 11.3 Å². The zero-order valence-corrected chi connectivity index (χ0v) is 21.7. The van der Waals surface area contributed by atoms with Gasteiger partial charge in [0, 0.05) is 5.56 Å². The molecule has 6 heteroatoms. The van der Waals surface area contributed by atoms with Crippen LogP contribution in [0.15, 0.2) is 95.9 Å². The van der Waals surface area contributed by atoms with Crippen LogP contribution >= 0.6 is 0 Å². The maximum atomic E-state index is 13.4. The van der Waals surface area contributed by atoms with Gasteiger partial charge in [-0.3, -0.25) is 9.52 Å². The van der Waals surface area contributed by atoms with E-state index >= 15 is 0 Å². The van der Waals surface area contributed by atoms with Crippen LogP contribution in [0.4, 0.5) is 5.69 Å². The summed E-state index contributed by atoms with van der Waals surface area (Å²) in [6.45, 7) is 7.49. The fourth-order valence-electron chi connectivity index (χ4n) is 4.19. The lowest BCUT2D eigenvalue weighted by atomic mass is 9.94. The van der Waals surface area contributed by atoms with Gasteiger partial charge in [-0.25, -0.2) is 8.42 Å². The lowest BCUT2D eigenvalue weighted by Gasteiger charge is -2.22. The predicted octanol–water partition coefficient (Wildman–Crippen LogP) is 6.24. The third-order valence-electron chi connectivity index (χ3n) is 6.29. The Morgan fingerprint density at radius 2 is 1.39 bits per heavy atom. The first kappa shape index (κ1) is 25.2. The van der Waals surface area contributed by atoms with Gasteiger partial charge in [-0.2, -0.15) is 0 Å². The van der Waals surface area contributed by atoms with Crippen LogP contribution in [0.3, 0.4) is 0 Å². The van der Waals surface area contributed by atoms with Crippen LogP contribution in [0.5, 0.6) is 0 Å². The van der Waals surface area contributed by atoms with Crippen molar-refractivity contribution in [3.8, 4) is 0 Å². The van der Waals surface area contributed by atoms with Crippen LogP contribution < -0.4 is 10.0 Å². The average molecular weight is 499 g/mol. The largest absolute Gasteiger partial charge is 0.341 e. The first-order valence-electron chi connectivity index (χ1n) is 11.8. The summed E-state index contributed by atoms with van der Waals surface area (Å²) in [6, 6.07) is 27.6. The molecule has 0 bridgehead atoms. The Kier molecular flexibility index (Phi) is 7.27. The molecule has 0 aliphatic heterocycles. The molecule has 36 heavy (non-hydrogen) atoms. The molecule has 5 nitrogen and oxygen atoms in total. The van der Waals surface area contributed by atoms with Gasteiger partial charge in [0.05, 0.1) is 16.6 Å². The fraction of sp³-hybridized carbons (Fsp3) is 0.167. The summed E-state index contributed by atoms with van der Waals surface area (Å²) < 4.78 is 29.3. The SMILES string of the molecule is Cc1ccc(C)c(NS(=O)(=O)c2cc(C(=O)N[C@@H](c3ccccc3)c3ccccc3C)ccc2C)c1. The van der Waals surface area contributed by atoms with Gasteiger partial charge in [-0.15, -0.1) is 0 Å². The zero-order valence-electron chi connectivity index (χ0n) is 20.9. The van der Waals surface area contributed by atoms with Crippen LogP contribution in [0, 0.1) is 27.7 Å². The van der Waals surface area contributed by atoms with Crippen molar-refractivity contribution in [1.29, 1.82) is 0 Å². The first-order chi connectivity index (χ1) is 17.2. The van der Waals surface area contributed by atoms with Crippen molar-refractivity contribution >= 4 is 21.6 Å². The Morgan fingerprint density at radius 1 is 0.722 bits per heavy atom. The van der Waals surface area contributed by atoms with Crippen molar-refractivity contribution in [2.75, 3.05) is 4.72 Å². The van der Waals surface area contributed by atoms with Gasteiger partial charge in [-0.1, -0.05) is 72.8 Å². The number of rotatable bonds is 7. The summed E-state index contributed by atoms with van der Waals surface area (Å²) in [5.74, 6) is -0.352. The van der Waals surface area contributed by atoms with E-state index in [1.807, 2.05) is 87.5 Å². The summed E-state index contributed by atoms with van der Waals surface area (Å²) in [5, 5.41) is 3.12. The lowest BCUT2D eigenvalue weighted by molar-refractivity contribution is 0.0942. The molecule has 0 aliphatic carbocycles. The summed E-state index contributed by atoms with van der Waals surface area (Å²) >= 11 is 0. The van der Waals surface area contributed by atoms with Crippen LogP contribution in [-0.2, 0) is 10.0 Å². The molecule has 4 aromatic carbocycles. The second kappa shape index (κ2) is 10.4. The Hall–Kier alpha value is -3.90. The number of anilines is 1. The second-order valence-electron chi connectivity index (χ2n) is 9.08. The maximum absolute atomic E-state index is 13.4. The number of nitrogens with one attached hydrogen (secondary N) is 2. The van der Waals surface area contributed by atoms with E-state index in [9.17, 15) is 13.2 Å². The van der Waals surface area contributed by atoms with Crippen molar-refractivity contribution in [1.82, 2.24) is 5.32 Å². The van der Waals surface area contributed by atoms with Crippen LogP contribution in [0.1, 0.15) is 49.8 Å². The Morgan fingerprint density at radius 3 is 2.11 bits per heavy atom. The van der Waals surface area contributed by atoms with Gasteiger partial charge in [-0.05, 0) is 79.3 Å². The molecule has 0 fully saturated rings. The van der Waals surface area contributed by atoms with E-state index in [-0.39, 0.29) is 22.4 Å². The number of benzene rings is 4. The number of hydrogen-bond donors (Lipinski definition) is 2. The number of carbonyl (C=O) groups excluding carboxylic acids is 1. The van der Waals surface area contributed by atoms with Gasteiger partial charge < -0.3 is 5.32 Å². The van der Waals surface area contributed by atoms with E-state index in [1.165, 1.54) is 6.07 Å². The van der Waals surface area contributed by atoms with Crippen LogP contribution in [0.2, 0.25) is 0 Å². The molecule has 0 aliphatic rings. The number of hydrogen-bond acceptors (Lipinski definition) is 3. The maximum Gasteiger partial charge on any atom is 0.262 e. The third kappa shape index (κ3) is 5.50. The van der Waals surface area contributed by atoms with Crippen molar-refractivity contribution < 1.29 is 13.2 Å². The van der Waals surface area contributed by atoms with Gasteiger partial charge in [0.15, 0.2) is 0 Å². The molecule has 2 N–H and O–H groups in total. The van der Waals surface area contributed by atoms with Crippen molar-refractivity contribution in [2.24, 2.45) is 0 Å². The molecule has 1 amide bonds. The van der Waals surface area contributed by atoms with Crippen LogP contribution in [0.25, 0.3) is 0 Å². The Balaban J connectivity index is 1.67. The Labute approximate surface area is 213 Å². The molecule has 184 valence electrons. The minimum atomic E-state index is -3.91. The monoisotopic (exact) mass is 498 g/mol. The van der Waals surface area contributed by atoms with Crippen molar-refractivity contribution in [3.05, 3.63) is 130 Å². The number of carbonyl (C=O) groups is 1. The van der Waals surface area contributed by atoms with Crippen LogP contribution in [-0.4, -0.2) is 14.3 Å². The predicted molar refractivity (Wildman–Crippen MR) is 145 cm³/mol. The third-order valence-corrected chi connectivity index (χ3v) is 7.79. The average Bonchev–Trinajstić information content (AvgIpc) is 2.86.